The fraction of sp³-hybridized carbons (Fsp3) is 0.438. The number of carbonyl (C=O) groups excluding carboxylic acids is 1. The van der Waals surface area contributed by atoms with Crippen LogP contribution in [0.3, 0.4) is 0 Å². The predicted octanol–water partition coefficient (Wildman–Crippen LogP) is 2.75. The molecule has 114 valence electrons. The molecule has 1 saturated heterocycles. The molecule has 0 saturated carbocycles. The van der Waals surface area contributed by atoms with Gasteiger partial charge in [0.2, 0.25) is 0 Å². The molecule has 0 N–H and O–H groups in total. The highest BCUT2D eigenvalue weighted by Gasteiger charge is 2.21. The van der Waals surface area contributed by atoms with Gasteiger partial charge >= 0.3 is 5.97 Å². The summed E-state index contributed by atoms with van der Waals surface area (Å²) in [4.78, 5) is 11.9. The minimum Gasteiger partial charge on any atom is -0.503 e. The lowest BCUT2D eigenvalue weighted by Crippen LogP contribution is -2.25. The van der Waals surface area contributed by atoms with Crippen LogP contribution in [0.25, 0.3) is 5.57 Å². The summed E-state index contributed by atoms with van der Waals surface area (Å²) in [5.41, 5.74) is 0.937. The molecule has 0 bridgehead atoms. The number of hydrogen-bond donors (Lipinski definition) is 0. The third-order valence-electron chi connectivity index (χ3n) is 3.21. The van der Waals surface area contributed by atoms with Crippen molar-refractivity contribution in [2.75, 3.05) is 20.8 Å². The Bertz CT molecular complexity index is 503. The van der Waals surface area contributed by atoms with Gasteiger partial charge in [-0.3, -0.25) is 0 Å². The van der Waals surface area contributed by atoms with Gasteiger partial charge in [0, 0.05) is 12.0 Å². The summed E-state index contributed by atoms with van der Waals surface area (Å²) in [7, 11) is 2.82. The van der Waals surface area contributed by atoms with Crippen LogP contribution in [0.1, 0.15) is 24.8 Å². The molecule has 1 aliphatic heterocycles. The van der Waals surface area contributed by atoms with E-state index in [9.17, 15) is 4.79 Å². The zero-order chi connectivity index (χ0) is 15.1. The number of hydrogen-bond acceptors (Lipinski definition) is 5. The molecule has 1 atom stereocenters. The molecule has 1 fully saturated rings. The van der Waals surface area contributed by atoms with Crippen LogP contribution in [0.15, 0.2) is 30.5 Å². The van der Waals surface area contributed by atoms with Crippen LogP contribution in [0.2, 0.25) is 0 Å². The lowest BCUT2D eigenvalue weighted by molar-refractivity contribution is -0.133. The maximum atomic E-state index is 11.9. The summed E-state index contributed by atoms with van der Waals surface area (Å²) in [5.74, 6) is 0.107. The molecular weight excluding hydrogens is 272 g/mol. The zero-order valence-electron chi connectivity index (χ0n) is 12.3. The second kappa shape index (κ2) is 7.69. The van der Waals surface area contributed by atoms with Crippen LogP contribution in [0, 0.1) is 0 Å². The van der Waals surface area contributed by atoms with Crippen molar-refractivity contribution in [1.82, 2.24) is 0 Å². The molecule has 0 aromatic heterocycles. The Morgan fingerprint density at radius 1 is 1.29 bits per heavy atom. The third kappa shape index (κ3) is 3.98. The van der Waals surface area contributed by atoms with Crippen LogP contribution in [-0.4, -0.2) is 33.1 Å². The van der Waals surface area contributed by atoms with E-state index in [0.717, 1.165) is 19.3 Å². The number of rotatable bonds is 5. The average Bonchev–Trinajstić information content (AvgIpc) is 2.54. The number of benzene rings is 1. The van der Waals surface area contributed by atoms with Gasteiger partial charge in [-0.05, 0) is 18.9 Å². The standard InChI is InChI=1S/C16H20O5/c1-18-11-13(16(17)19-2)12-7-3-4-8-14(12)21-15-9-5-6-10-20-15/h3-4,7-8,11,15H,5-6,9-10H2,1-2H3. The summed E-state index contributed by atoms with van der Waals surface area (Å²) in [5, 5.41) is 0. The number of esters is 1. The van der Waals surface area contributed by atoms with Gasteiger partial charge in [0.05, 0.1) is 27.1 Å². The summed E-state index contributed by atoms with van der Waals surface area (Å²) in [6, 6.07) is 7.28. The molecule has 1 aliphatic rings. The number of carbonyl (C=O) groups is 1. The largest absolute Gasteiger partial charge is 0.503 e. The molecule has 21 heavy (non-hydrogen) atoms. The lowest BCUT2D eigenvalue weighted by Gasteiger charge is -2.24. The minimum absolute atomic E-state index is 0.277. The Labute approximate surface area is 124 Å². The molecular formula is C16H20O5. The molecule has 0 amide bonds. The smallest absolute Gasteiger partial charge is 0.341 e. The third-order valence-corrected chi connectivity index (χ3v) is 3.21. The van der Waals surface area contributed by atoms with Gasteiger partial charge in [-0.1, -0.05) is 18.2 Å². The van der Waals surface area contributed by atoms with Crippen molar-refractivity contribution < 1.29 is 23.7 Å². The maximum Gasteiger partial charge on any atom is 0.341 e. The van der Waals surface area contributed by atoms with Gasteiger partial charge in [0.15, 0.2) is 6.29 Å². The highest BCUT2D eigenvalue weighted by atomic mass is 16.7. The van der Waals surface area contributed by atoms with E-state index in [-0.39, 0.29) is 6.29 Å². The molecule has 5 nitrogen and oxygen atoms in total. The summed E-state index contributed by atoms with van der Waals surface area (Å²) < 4.78 is 21.2. The maximum absolute atomic E-state index is 11.9. The van der Waals surface area contributed by atoms with Crippen molar-refractivity contribution in [3.8, 4) is 5.75 Å². The summed E-state index contributed by atoms with van der Waals surface area (Å²) in [6.07, 6.45) is 4.05. The number of methoxy groups -OCH3 is 2. The second-order valence-electron chi connectivity index (χ2n) is 4.67. The Morgan fingerprint density at radius 3 is 2.76 bits per heavy atom. The molecule has 0 aliphatic carbocycles. The number of para-hydroxylation sites is 1. The lowest BCUT2D eigenvalue weighted by atomic mass is 10.1. The monoisotopic (exact) mass is 292 g/mol. The van der Waals surface area contributed by atoms with Crippen LogP contribution >= 0.6 is 0 Å². The SMILES string of the molecule is COC=C(C(=O)OC)c1ccccc1OC1CCCCO1. The Balaban J connectivity index is 2.26. The normalized spacial score (nSPS) is 19.0. The van der Waals surface area contributed by atoms with E-state index in [4.69, 9.17) is 18.9 Å². The number of ether oxygens (including phenoxy) is 4. The summed E-state index contributed by atoms with van der Waals surface area (Å²) >= 11 is 0. The van der Waals surface area contributed by atoms with Crippen LogP contribution < -0.4 is 4.74 Å². The van der Waals surface area contributed by atoms with Crippen molar-refractivity contribution in [3.05, 3.63) is 36.1 Å². The molecule has 1 unspecified atom stereocenters. The van der Waals surface area contributed by atoms with E-state index in [1.54, 1.807) is 12.1 Å². The second-order valence-corrected chi connectivity index (χ2v) is 4.67. The first-order chi connectivity index (χ1) is 10.3. The van der Waals surface area contributed by atoms with Gasteiger partial charge < -0.3 is 18.9 Å². The molecule has 0 radical (unpaired) electrons. The molecule has 1 aromatic rings. The zero-order valence-corrected chi connectivity index (χ0v) is 12.3. The quantitative estimate of drug-likeness (QED) is 0.474. The molecule has 0 spiro atoms. The Hall–Kier alpha value is -2.01. The first-order valence-electron chi connectivity index (χ1n) is 6.95. The average molecular weight is 292 g/mol. The van der Waals surface area contributed by atoms with Crippen LogP contribution in [-0.2, 0) is 19.0 Å². The van der Waals surface area contributed by atoms with Gasteiger partial charge in [-0.15, -0.1) is 0 Å². The Kier molecular flexibility index (Phi) is 5.63. The van der Waals surface area contributed by atoms with E-state index >= 15 is 0 Å². The Morgan fingerprint density at radius 2 is 2.10 bits per heavy atom. The van der Waals surface area contributed by atoms with Crippen LogP contribution in [0.5, 0.6) is 5.75 Å². The van der Waals surface area contributed by atoms with Crippen LogP contribution in [0.4, 0.5) is 0 Å². The predicted molar refractivity (Wildman–Crippen MR) is 77.7 cm³/mol. The fourth-order valence-electron chi connectivity index (χ4n) is 2.19. The van der Waals surface area contributed by atoms with Crippen molar-refractivity contribution in [2.45, 2.75) is 25.6 Å². The molecule has 2 rings (SSSR count). The van der Waals surface area contributed by atoms with E-state index in [1.165, 1.54) is 20.5 Å². The van der Waals surface area contributed by atoms with Crippen molar-refractivity contribution in [2.24, 2.45) is 0 Å². The summed E-state index contributed by atoms with van der Waals surface area (Å²) in [6.45, 7) is 0.699. The molecule has 1 heterocycles. The van der Waals surface area contributed by atoms with Crippen molar-refractivity contribution in [3.63, 3.8) is 0 Å². The molecule has 1 aromatic carbocycles. The van der Waals surface area contributed by atoms with E-state index < -0.39 is 5.97 Å². The van der Waals surface area contributed by atoms with Crippen molar-refractivity contribution in [1.29, 1.82) is 0 Å². The van der Waals surface area contributed by atoms with Gasteiger partial charge in [-0.25, -0.2) is 4.79 Å². The molecule has 5 heteroatoms. The highest BCUT2D eigenvalue weighted by Crippen LogP contribution is 2.29. The topological polar surface area (TPSA) is 54.0 Å². The first-order valence-corrected chi connectivity index (χ1v) is 6.95. The van der Waals surface area contributed by atoms with Gasteiger partial charge in [0.1, 0.15) is 11.3 Å². The van der Waals surface area contributed by atoms with E-state index in [0.29, 0.717) is 23.5 Å². The van der Waals surface area contributed by atoms with Gasteiger partial charge in [-0.2, -0.15) is 0 Å². The van der Waals surface area contributed by atoms with Crippen molar-refractivity contribution >= 4 is 11.5 Å². The van der Waals surface area contributed by atoms with E-state index in [2.05, 4.69) is 0 Å². The highest BCUT2D eigenvalue weighted by molar-refractivity contribution is 6.16. The minimum atomic E-state index is -0.475. The first kappa shape index (κ1) is 15.4. The van der Waals surface area contributed by atoms with E-state index in [1.807, 2.05) is 12.1 Å². The fourth-order valence-corrected chi connectivity index (χ4v) is 2.19. The van der Waals surface area contributed by atoms with Gasteiger partial charge in [0.25, 0.3) is 0 Å².